The topological polar surface area (TPSA) is 17.1 Å². The van der Waals surface area contributed by atoms with Gasteiger partial charge >= 0.3 is 0 Å². The zero-order chi connectivity index (χ0) is 12.8. The van der Waals surface area contributed by atoms with Crippen LogP contribution in [0.25, 0.3) is 0 Å². The van der Waals surface area contributed by atoms with Crippen molar-refractivity contribution >= 4 is 5.78 Å². The van der Waals surface area contributed by atoms with Gasteiger partial charge < -0.3 is 0 Å². The molecule has 1 heteroatoms. The van der Waals surface area contributed by atoms with E-state index in [1.807, 2.05) is 61.5 Å². The second kappa shape index (κ2) is 5.84. The van der Waals surface area contributed by atoms with Crippen molar-refractivity contribution in [2.45, 2.75) is 13.3 Å². The number of hydrogen-bond donors (Lipinski definition) is 0. The Labute approximate surface area is 107 Å². The fourth-order valence-corrected chi connectivity index (χ4v) is 1.82. The summed E-state index contributed by atoms with van der Waals surface area (Å²) in [4.78, 5) is 12.4. The van der Waals surface area contributed by atoms with Gasteiger partial charge in [-0.1, -0.05) is 60.5 Å². The van der Waals surface area contributed by atoms with Crippen molar-refractivity contribution in [1.82, 2.24) is 0 Å². The molecule has 0 N–H and O–H groups in total. The van der Waals surface area contributed by atoms with Crippen LogP contribution in [0.3, 0.4) is 0 Å². The van der Waals surface area contributed by atoms with Crippen LogP contribution in [0.1, 0.15) is 28.4 Å². The van der Waals surface area contributed by atoms with Crippen LogP contribution < -0.4 is 0 Å². The Bertz CT molecular complexity index is 600. The summed E-state index contributed by atoms with van der Waals surface area (Å²) in [5, 5.41) is 0. The lowest BCUT2D eigenvalue weighted by atomic mass is 9.97. The van der Waals surface area contributed by atoms with Crippen LogP contribution in [0, 0.1) is 11.8 Å². The Hall–Kier alpha value is -2.33. The Morgan fingerprint density at radius 3 is 2.39 bits per heavy atom. The molecule has 0 unspecified atom stereocenters. The van der Waals surface area contributed by atoms with Crippen LogP contribution in [0.15, 0.2) is 54.6 Å². The van der Waals surface area contributed by atoms with Gasteiger partial charge in [-0.2, -0.15) is 0 Å². The summed E-state index contributed by atoms with van der Waals surface area (Å²) in [5.41, 5.74) is 2.45. The molecule has 2 aromatic carbocycles. The van der Waals surface area contributed by atoms with E-state index < -0.39 is 0 Å². The lowest BCUT2D eigenvalue weighted by Crippen LogP contribution is -2.04. The third kappa shape index (κ3) is 2.67. The molecule has 2 aromatic rings. The highest BCUT2D eigenvalue weighted by atomic mass is 16.1. The lowest BCUT2D eigenvalue weighted by Gasteiger charge is -2.06. The van der Waals surface area contributed by atoms with Crippen molar-refractivity contribution in [1.29, 1.82) is 0 Å². The highest BCUT2D eigenvalue weighted by Gasteiger charge is 2.11. The largest absolute Gasteiger partial charge is 0.289 e. The number of hydrogen-bond acceptors (Lipinski definition) is 1. The average molecular weight is 234 g/mol. The molecule has 0 saturated heterocycles. The standard InChI is InChI=1S/C17H14O/c1-2-3-9-14-10-7-8-13-16(14)17(18)15-11-5-4-6-12-15/h4-8,10-13H,9H2,1H3. The zero-order valence-electron chi connectivity index (χ0n) is 10.3. The Morgan fingerprint density at radius 1 is 1.00 bits per heavy atom. The molecular weight excluding hydrogens is 220 g/mol. The molecule has 0 aliphatic rings. The molecular formula is C17H14O. The molecule has 2 rings (SSSR count). The lowest BCUT2D eigenvalue weighted by molar-refractivity contribution is 0.103. The number of ketones is 1. The molecule has 0 spiro atoms. The van der Waals surface area contributed by atoms with Crippen LogP contribution in [0.2, 0.25) is 0 Å². The van der Waals surface area contributed by atoms with E-state index in [2.05, 4.69) is 11.8 Å². The maximum absolute atomic E-state index is 12.4. The van der Waals surface area contributed by atoms with Gasteiger partial charge in [-0.3, -0.25) is 4.79 Å². The van der Waals surface area contributed by atoms with Crippen molar-refractivity contribution in [2.75, 3.05) is 0 Å². The average Bonchev–Trinajstić information content (AvgIpc) is 2.45. The number of benzene rings is 2. The molecule has 0 fully saturated rings. The molecule has 0 aliphatic heterocycles. The molecule has 0 saturated carbocycles. The predicted molar refractivity (Wildman–Crippen MR) is 73.5 cm³/mol. The van der Waals surface area contributed by atoms with Crippen molar-refractivity contribution < 1.29 is 4.79 Å². The summed E-state index contributed by atoms with van der Waals surface area (Å²) in [5.74, 6) is 5.93. The fourth-order valence-electron chi connectivity index (χ4n) is 1.82. The van der Waals surface area contributed by atoms with Gasteiger partial charge in [-0.15, -0.1) is 5.92 Å². The Balaban J connectivity index is 2.38. The minimum atomic E-state index is 0.0594. The van der Waals surface area contributed by atoms with Gasteiger partial charge in [-0.25, -0.2) is 0 Å². The highest BCUT2D eigenvalue weighted by Crippen LogP contribution is 2.14. The fraction of sp³-hybridized carbons (Fsp3) is 0.118. The molecule has 0 aliphatic carbocycles. The first-order valence-corrected chi connectivity index (χ1v) is 5.90. The summed E-state index contributed by atoms with van der Waals surface area (Å²) < 4.78 is 0. The van der Waals surface area contributed by atoms with E-state index in [1.165, 1.54) is 0 Å². The normalized spacial score (nSPS) is 9.39. The molecule has 1 nitrogen and oxygen atoms in total. The summed E-state index contributed by atoms with van der Waals surface area (Å²) in [6.07, 6.45) is 0.616. The van der Waals surface area contributed by atoms with Gasteiger partial charge in [0.1, 0.15) is 0 Å². The summed E-state index contributed by atoms with van der Waals surface area (Å²) in [6, 6.07) is 17.0. The second-order valence-corrected chi connectivity index (χ2v) is 3.96. The molecule has 0 atom stereocenters. The van der Waals surface area contributed by atoms with Crippen LogP contribution in [-0.2, 0) is 6.42 Å². The van der Waals surface area contributed by atoms with E-state index in [-0.39, 0.29) is 5.78 Å². The first-order chi connectivity index (χ1) is 8.83. The summed E-state index contributed by atoms with van der Waals surface area (Å²) in [7, 11) is 0. The first-order valence-electron chi connectivity index (χ1n) is 5.90. The highest BCUT2D eigenvalue weighted by molar-refractivity contribution is 6.09. The minimum absolute atomic E-state index is 0.0594. The van der Waals surface area contributed by atoms with Gasteiger partial charge in [0.25, 0.3) is 0 Å². The van der Waals surface area contributed by atoms with Gasteiger partial charge in [0.05, 0.1) is 0 Å². The molecule has 0 aromatic heterocycles. The monoisotopic (exact) mass is 234 g/mol. The van der Waals surface area contributed by atoms with Gasteiger partial charge in [-0.05, 0) is 12.5 Å². The van der Waals surface area contributed by atoms with Crippen molar-refractivity contribution in [3.05, 3.63) is 71.3 Å². The Kier molecular flexibility index (Phi) is 3.94. The van der Waals surface area contributed by atoms with Crippen molar-refractivity contribution in [3.8, 4) is 11.8 Å². The molecule has 0 heterocycles. The molecule has 88 valence electrons. The summed E-state index contributed by atoms with van der Waals surface area (Å²) >= 11 is 0. The third-order valence-electron chi connectivity index (χ3n) is 2.75. The van der Waals surface area contributed by atoms with Gasteiger partial charge in [0, 0.05) is 17.5 Å². The van der Waals surface area contributed by atoms with Gasteiger partial charge in [0.15, 0.2) is 5.78 Å². The van der Waals surface area contributed by atoms with Crippen LogP contribution in [-0.4, -0.2) is 5.78 Å². The van der Waals surface area contributed by atoms with E-state index in [4.69, 9.17) is 0 Å². The first kappa shape index (κ1) is 12.1. The van der Waals surface area contributed by atoms with E-state index in [0.29, 0.717) is 6.42 Å². The number of carbonyl (C=O) groups is 1. The predicted octanol–water partition coefficient (Wildman–Crippen LogP) is 3.48. The second-order valence-electron chi connectivity index (χ2n) is 3.96. The maximum Gasteiger partial charge on any atom is 0.193 e. The van der Waals surface area contributed by atoms with E-state index in [9.17, 15) is 4.79 Å². The van der Waals surface area contributed by atoms with Crippen molar-refractivity contribution in [2.24, 2.45) is 0 Å². The van der Waals surface area contributed by atoms with Crippen LogP contribution >= 0.6 is 0 Å². The molecule has 0 bridgehead atoms. The number of rotatable bonds is 3. The minimum Gasteiger partial charge on any atom is -0.289 e. The Morgan fingerprint density at radius 2 is 1.67 bits per heavy atom. The van der Waals surface area contributed by atoms with Gasteiger partial charge in [0.2, 0.25) is 0 Å². The maximum atomic E-state index is 12.4. The van der Waals surface area contributed by atoms with E-state index in [1.54, 1.807) is 0 Å². The smallest absolute Gasteiger partial charge is 0.193 e. The molecule has 0 amide bonds. The van der Waals surface area contributed by atoms with Crippen LogP contribution in [0.4, 0.5) is 0 Å². The van der Waals surface area contributed by atoms with Crippen molar-refractivity contribution in [3.63, 3.8) is 0 Å². The number of carbonyl (C=O) groups excluding carboxylic acids is 1. The SMILES string of the molecule is CC#CCc1ccccc1C(=O)c1ccccc1. The quantitative estimate of drug-likeness (QED) is 0.587. The third-order valence-corrected chi connectivity index (χ3v) is 2.75. The van der Waals surface area contributed by atoms with E-state index >= 15 is 0 Å². The zero-order valence-corrected chi connectivity index (χ0v) is 10.3. The van der Waals surface area contributed by atoms with E-state index in [0.717, 1.165) is 16.7 Å². The summed E-state index contributed by atoms with van der Waals surface area (Å²) in [6.45, 7) is 1.81. The van der Waals surface area contributed by atoms with Crippen LogP contribution in [0.5, 0.6) is 0 Å². The molecule has 0 radical (unpaired) electrons. The molecule has 18 heavy (non-hydrogen) atoms.